The summed E-state index contributed by atoms with van der Waals surface area (Å²) in [6, 6.07) is 8.03. The van der Waals surface area contributed by atoms with Crippen molar-refractivity contribution < 1.29 is 4.79 Å². The van der Waals surface area contributed by atoms with E-state index in [4.69, 9.17) is 0 Å². The first-order chi connectivity index (χ1) is 11.1. The van der Waals surface area contributed by atoms with E-state index in [9.17, 15) is 4.79 Å². The molecule has 0 spiro atoms. The molecule has 5 nitrogen and oxygen atoms in total. The fraction of sp³-hybridized carbons (Fsp3) is 0.278. The second-order valence-corrected chi connectivity index (χ2v) is 5.75. The first kappa shape index (κ1) is 15.2. The number of nitrogens with zero attached hydrogens (tertiary/aromatic N) is 3. The summed E-state index contributed by atoms with van der Waals surface area (Å²) in [6.45, 7) is 5.31. The van der Waals surface area contributed by atoms with Crippen LogP contribution in [0.4, 0.5) is 0 Å². The Hall–Kier alpha value is -2.69. The van der Waals surface area contributed by atoms with E-state index in [0.717, 1.165) is 16.6 Å². The van der Waals surface area contributed by atoms with Crippen molar-refractivity contribution >= 4 is 16.9 Å². The van der Waals surface area contributed by atoms with Crippen LogP contribution in [0.25, 0.3) is 11.0 Å². The van der Waals surface area contributed by atoms with Gasteiger partial charge in [0.25, 0.3) is 0 Å². The minimum absolute atomic E-state index is 0.0273. The van der Waals surface area contributed by atoms with Gasteiger partial charge in [0.05, 0.1) is 17.4 Å². The van der Waals surface area contributed by atoms with Gasteiger partial charge in [-0.15, -0.1) is 0 Å². The number of nitrogens with one attached hydrogen (secondary N) is 1. The number of pyridine rings is 1. The third-order valence-corrected chi connectivity index (χ3v) is 4.03. The maximum Gasteiger partial charge on any atom is 0.222 e. The molecule has 0 aliphatic carbocycles. The predicted molar refractivity (Wildman–Crippen MR) is 89.9 cm³/mol. The maximum absolute atomic E-state index is 12.0. The van der Waals surface area contributed by atoms with Gasteiger partial charge in [0.15, 0.2) is 0 Å². The van der Waals surface area contributed by atoms with Crippen LogP contribution in [-0.4, -0.2) is 20.4 Å². The molecule has 0 saturated carbocycles. The summed E-state index contributed by atoms with van der Waals surface area (Å²) in [5.41, 5.74) is 5.52. The second kappa shape index (κ2) is 6.60. The van der Waals surface area contributed by atoms with Crippen molar-refractivity contribution in [3.05, 3.63) is 59.7 Å². The molecule has 5 heteroatoms. The van der Waals surface area contributed by atoms with Crippen molar-refractivity contribution in [1.29, 1.82) is 0 Å². The molecule has 0 fully saturated rings. The van der Waals surface area contributed by atoms with Gasteiger partial charge in [-0.2, -0.15) is 0 Å². The molecular weight excluding hydrogens is 288 g/mol. The highest BCUT2D eigenvalue weighted by molar-refractivity contribution is 5.78. The molecule has 0 atom stereocenters. The number of hydrogen-bond donors (Lipinski definition) is 1. The topological polar surface area (TPSA) is 59.8 Å². The van der Waals surface area contributed by atoms with Crippen molar-refractivity contribution in [2.75, 3.05) is 0 Å². The minimum Gasteiger partial charge on any atom is -0.352 e. The number of hydrogen-bond acceptors (Lipinski definition) is 3. The van der Waals surface area contributed by atoms with Gasteiger partial charge in [0.2, 0.25) is 5.91 Å². The number of imidazole rings is 1. The van der Waals surface area contributed by atoms with Gasteiger partial charge in [-0.25, -0.2) is 4.98 Å². The number of aryl methyl sites for hydroxylation is 3. The largest absolute Gasteiger partial charge is 0.352 e. The highest BCUT2D eigenvalue weighted by Gasteiger charge is 2.07. The number of benzene rings is 1. The summed E-state index contributed by atoms with van der Waals surface area (Å²) in [5.74, 6) is 0.0273. The van der Waals surface area contributed by atoms with Crippen molar-refractivity contribution in [2.24, 2.45) is 0 Å². The lowest BCUT2D eigenvalue weighted by Crippen LogP contribution is -2.23. The van der Waals surface area contributed by atoms with Crippen LogP contribution in [0.2, 0.25) is 0 Å². The van der Waals surface area contributed by atoms with E-state index in [1.165, 1.54) is 11.1 Å². The summed E-state index contributed by atoms with van der Waals surface area (Å²) >= 11 is 0. The number of amides is 1. The Labute approximate surface area is 135 Å². The molecule has 1 amide bonds. The molecule has 1 N–H and O–H groups in total. The predicted octanol–water partition coefficient (Wildman–Crippen LogP) is 2.75. The van der Waals surface area contributed by atoms with Crippen molar-refractivity contribution in [3.63, 3.8) is 0 Å². The molecular formula is C18H20N4O. The number of rotatable bonds is 5. The molecule has 3 rings (SSSR count). The SMILES string of the molecule is Cc1cc2ncn(CCC(=O)NCc3cccnc3)c2cc1C. The number of fused-ring (bicyclic) bond motifs is 1. The molecule has 0 unspecified atom stereocenters. The summed E-state index contributed by atoms with van der Waals surface area (Å²) < 4.78 is 2.03. The number of carbonyl (C=O) groups excluding carboxylic acids is 1. The quantitative estimate of drug-likeness (QED) is 0.788. The van der Waals surface area contributed by atoms with Gasteiger partial charge in [0.1, 0.15) is 0 Å². The Morgan fingerprint density at radius 1 is 1.26 bits per heavy atom. The lowest BCUT2D eigenvalue weighted by molar-refractivity contribution is -0.121. The van der Waals surface area contributed by atoms with Gasteiger partial charge >= 0.3 is 0 Å². The zero-order valence-electron chi connectivity index (χ0n) is 13.4. The Morgan fingerprint density at radius 3 is 2.87 bits per heavy atom. The first-order valence-electron chi connectivity index (χ1n) is 7.71. The second-order valence-electron chi connectivity index (χ2n) is 5.75. The van der Waals surface area contributed by atoms with Gasteiger partial charge in [0, 0.05) is 31.9 Å². The zero-order valence-corrected chi connectivity index (χ0v) is 13.4. The van der Waals surface area contributed by atoms with Crippen LogP contribution in [0, 0.1) is 13.8 Å². The molecule has 0 aliphatic rings. The Bertz CT molecular complexity index is 824. The zero-order chi connectivity index (χ0) is 16.2. The molecule has 0 bridgehead atoms. The molecule has 1 aromatic carbocycles. The normalized spacial score (nSPS) is 10.9. The highest BCUT2D eigenvalue weighted by Crippen LogP contribution is 2.18. The van der Waals surface area contributed by atoms with Crippen LogP contribution in [0.3, 0.4) is 0 Å². The number of carbonyl (C=O) groups is 1. The summed E-state index contributed by atoms with van der Waals surface area (Å²) in [6.07, 6.45) is 5.71. The number of aromatic nitrogens is 3. The van der Waals surface area contributed by atoms with Crippen LogP contribution < -0.4 is 5.32 Å². The van der Waals surface area contributed by atoms with Crippen LogP contribution in [0.1, 0.15) is 23.1 Å². The Kier molecular flexibility index (Phi) is 4.37. The third kappa shape index (κ3) is 3.56. The van der Waals surface area contributed by atoms with Gasteiger partial charge in [-0.3, -0.25) is 9.78 Å². The van der Waals surface area contributed by atoms with Gasteiger partial charge < -0.3 is 9.88 Å². The molecule has 0 aliphatic heterocycles. The van der Waals surface area contributed by atoms with Crippen LogP contribution in [0.15, 0.2) is 43.0 Å². The monoisotopic (exact) mass is 308 g/mol. The Balaban J connectivity index is 1.60. The molecule has 0 radical (unpaired) electrons. The van der Waals surface area contributed by atoms with Crippen molar-refractivity contribution in [1.82, 2.24) is 19.9 Å². The van der Waals surface area contributed by atoms with E-state index in [0.29, 0.717) is 19.5 Å². The van der Waals surface area contributed by atoms with Crippen molar-refractivity contribution in [3.8, 4) is 0 Å². The van der Waals surface area contributed by atoms with E-state index in [-0.39, 0.29) is 5.91 Å². The standard InChI is InChI=1S/C18H20N4O/c1-13-8-16-17(9-14(13)2)22(12-21-16)7-5-18(23)20-11-15-4-3-6-19-10-15/h3-4,6,8-10,12H,5,7,11H2,1-2H3,(H,20,23). The highest BCUT2D eigenvalue weighted by atomic mass is 16.1. The van der Waals surface area contributed by atoms with Crippen LogP contribution in [-0.2, 0) is 17.9 Å². The van der Waals surface area contributed by atoms with E-state index >= 15 is 0 Å². The lowest BCUT2D eigenvalue weighted by Gasteiger charge is -2.07. The summed E-state index contributed by atoms with van der Waals surface area (Å²) in [7, 11) is 0. The average Bonchev–Trinajstić information content (AvgIpc) is 2.94. The van der Waals surface area contributed by atoms with Crippen LogP contribution in [0.5, 0.6) is 0 Å². The van der Waals surface area contributed by atoms with Gasteiger partial charge in [-0.1, -0.05) is 6.07 Å². The minimum atomic E-state index is 0.0273. The van der Waals surface area contributed by atoms with E-state index < -0.39 is 0 Å². The maximum atomic E-state index is 12.0. The molecule has 2 aromatic heterocycles. The van der Waals surface area contributed by atoms with E-state index in [1.54, 1.807) is 18.7 Å². The average molecular weight is 308 g/mol. The van der Waals surface area contributed by atoms with Crippen molar-refractivity contribution in [2.45, 2.75) is 33.4 Å². The molecule has 3 aromatic rings. The third-order valence-electron chi connectivity index (χ3n) is 4.03. The summed E-state index contributed by atoms with van der Waals surface area (Å²) in [4.78, 5) is 20.5. The fourth-order valence-electron chi connectivity index (χ4n) is 2.51. The van der Waals surface area contributed by atoms with E-state index in [2.05, 4.69) is 41.3 Å². The molecule has 118 valence electrons. The fourth-order valence-corrected chi connectivity index (χ4v) is 2.51. The molecule has 2 heterocycles. The lowest BCUT2D eigenvalue weighted by atomic mass is 10.1. The molecule has 23 heavy (non-hydrogen) atoms. The summed E-state index contributed by atoms with van der Waals surface area (Å²) in [5, 5.41) is 2.92. The van der Waals surface area contributed by atoms with Crippen LogP contribution >= 0.6 is 0 Å². The van der Waals surface area contributed by atoms with Gasteiger partial charge in [-0.05, 0) is 48.7 Å². The first-order valence-corrected chi connectivity index (χ1v) is 7.71. The van der Waals surface area contributed by atoms with E-state index in [1.807, 2.05) is 16.7 Å². The molecule has 0 saturated heterocycles. The smallest absolute Gasteiger partial charge is 0.222 e. The Morgan fingerprint density at radius 2 is 2.09 bits per heavy atom.